The maximum Gasteiger partial charge on any atom is 0.127 e. The maximum absolute atomic E-state index is 6.11. The van der Waals surface area contributed by atoms with Gasteiger partial charge in [0, 0.05) is 36.0 Å². The summed E-state index contributed by atoms with van der Waals surface area (Å²) in [4.78, 5) is 4.17. The number of hydrogen-bond acceptors (Lipinski definition) is 4. The standard InChI is InChI=1S/C16H18N2O2/c1-17-14-9-16(11-4-3-7-18-10-11)20-15-6-5-12(19-2)8-13(14)15/h3-8,10,14,16-17H,9H2,1-2H3. The molecule has 2 heterocycles. The molecule has 1 N–H and O–H groups in total. The molecule has 0 saturated carbocycles. The summed E-state index contributed by atoms with van der Waals surface area (Å²) in [6.45, 7) is 0. The molecule has 2 aromatic rings. The number of aromatic nitrogens is 1. The first-order valence-electron chi connectivity index (χ1n) is 6.73. The van der Waals surface area contributed by atoms with Crippen LogP contribution in [0.2, 0.25) is 0 Å². The second-order valence-electron chi connectivity index (χ2n) is 4.87. The Morgan fingerprint density at radius 1 is 1.35 bits per heavy atom. The molecular weight excluding hydrogens is 252 g/mol. The fourth-order valence-corrected chi connectivity index (χ4v) is 2.62. The first-order valence-corrected chi connectivity index (χ1v) is 6.73. The van der Waals surface area contributed by atoms with Crippen LogP contribution in [0.1, 0.15) is 29.7 Å². The van der Waals surface area contributed by atoms with E-state index in [0.29, 0.717) is 0 Å². The second kappa shape index (κ2) is 5.51. The summed E-state index contributed by atoms with van der Waals surface area (Å²) in [7, 11) is 3.65. The molecule has 0 radical (unpaired) electrons. The topological polar surface area (TPSA) is 43.4 Å². The molecule has 0 bridgehead atoms. The molecule has 1 aliphatic heterocycles. The molecule has 0 aliphatic carbocycles. The molecule has 0 spiro atoms. The average molecular weight is 270 g/mol. The highest BCUT2D eigenvalue weighted by molar-refractivity contribution is 5.44. The van der Waals surface area contributed by atoms with E-state index in [1.54, 1.807) is 13.3 Å². The fraction of sp³-hybridized carbons (Fsp3) is 0.312. The number of nitrogens with zero attached hydrogens (tertiary/aromatic N) is 1. The van der Waals surface area contributed by atoms with Crippen LogP contribution in [0.4, 0.5) is 0 Å². The first-order chi connectivity index (χ1) is 9.81. The molecular formula is C16H18N2O2. The zero-order valence-electron chi connectivity index (χ0n) is 11.7. The van der Waals surface area contributed by atoms with Crippen molar-refractivity contribution >= 4 is 0 Å². The van der Waals surface area contributed by atoms with Gasteiger partial charge in [0.25, 0.3) is 0 Å². The van der Waals surface area contributed by atoms with E-state index in [1.165, 1.54) is 0 Å². The predicted octanol–water partition coefficient (Wildman–Crippen LogP) is 2.87. The Morgan fingerprint density at radius 3 is 2.95 bits per heavy atom. The molecule has 4 heteroatoms. The summed E-state index contributed by atoms with van der Waals surface area (Å²) in [6, 6.07) is 10.2. The van der Waals surface area contributed by atoms with E-state index >= 15 is 0 Å². The van der Waals surface area contributed by atoms with E-state index in [1.807, 2.05) is 37.5 Å². The number of methoxy groups -OCH3 is 1. The number of hydrogen-bond donors (Lipinski definition) is 1. The molecule has 1 aromatic heterocycles. The number of benzene rings is 1. The van der Waals surface area contributed by atoms with Crippen molar-refractivity contribution in [2.24, 2.45) is 0 Å². The van der Waals surface area contributed by atoms with Crippen LogP contribution in [0.15, 0.2) is 42.7 Å². The third-order valence-corrected chi connectivity index (χ3v) is 3.72. The largest absolute Gasteiger partial charge is 0.497 e. The summed E-state index contributed by atoms with van der Waals surface area (Å²) in [5.41, 5.74) is 2.25. The van der Waals surface area contributed by atoms with Crippen LogP contribution in [0.3, 0.4) is 0 Å². The zero-order valence-corrected chi connectivity index (χ0v) is 11.7. The molecule has 2 atom stereocenters. The molecule has 4 nitrogen and oxygen atoms in total. The van der Waals surface area contributed by atoms with Gasteiger partial charge >= 0.3 is 0 Å². The van der Waals surface area contributed by atoms with Crippen molar-refractivity contribution in [3.63, 3.8) is 0 Å². The lowest BCUT2D eigenvalue weighted by Gasteiger charge is -2.32. The Balaban J connectivity index is 1.95. The van der Waals surface area contributed by atoms with Crippen LogP contribution in [-0.4, -0.2) is 19.1 Å². The smallest absolute Gasteiger partial charge is 0.127 e. The number of rotatable bonds is 3. The number of fused-ring (bicyclic) bond motifs is 1. The Kier molecular flexibility index (Phi) is 3.56. The van der Waals surface area contributed by atoms with Crippen molar-refractivity contribution in [3.05, 3.63) is 53.9 Å². The molecule has 0 fully saturated rings. The van der Waals surface area contributed by atoms with Gasteiger partial charge in [-0.05, 0) is 31.3 Å². The van der Waals surface area contributed by atoms with Gasteiger partial charge in [-0.2, -0.15) is 0 Å². The van der Waals surface area contributed by atoms with Gasteiger partial charge in [0.05, 0.1) is 7.11 Å². The lowest BCUT2D eigenvalue weighted by molar-refractivity contribution is 0.153. The minimum absolute atomic E-state index is 0.0297. The van der Waals surface area contributed by atoms with E-state index in [9.17, 15) is 0 Å². The minimum Gasteiger partial charge on any atom is -0.497 e. The van der Waals surface area contributed by atoms with Crippen molar-refractivity contribution in [1.82, 2.24) is 10.3 Å². The van der Waals surface area contributed by atoms with Gasteiger partial charge in [0.1, 0.15) is 17.6 Å². The van der Waals surface area contributed by atoms with Gasteiger partial charge < -0.3 is 14.8 Å². The molecule has 104 valence electrons. The second-order valence-corrected chi connectivity index (χ2v) is 4.87. The summed E-state index contributed by atoms with van der Waals surface area (Å²) >= 11 is 0. The Labute approximate surface area is 118 Å². The molecule has 0 saturated heterocycles. The predicted molar refractivity (Wildman–Crippen MR) is 77.0 cm³/mol. The van der Waals surface area contributed by atoms with E-state index in [0.717, 1.165) is 29.0 Å². The summed E-state index contributed by atoms with van der Waals surface area (Å²) < 4.78 is 11.4. The first kappa shape index (κ1) is 12.9. The van der Waals surface area contributed by atoms with E-state index in [4.69, 9.17) is 9.47 Å². The molecule has 0 amide bonds. The van der Waals surface area contributed by atoms with Crippen LogP contribution in [0.5, 0.6) is 11.5 Å². The number of nitrogens with one attached hydrogen (secondary N) is 1. The van der Waals surface area contributed by atoms with Crippen LogP contribution in [0.25, 0.3) is 0 Å². The van der Waals surface area contributed by atoms with Gasteiger partial charge in [-0.25, -0.2) is 0 Å². The fourth-order valence-electron chi connectivity index (χ4n) is 2.62. The highest BCUT2D eigenvalue weighted by atomic mass is 16.5. The molecule has 1 aliphatic rings. The zero-order chi connectivity index (χ0) is 13.9. The maximum atomic E-state index is 6.11. The third-order valence-electron chi connectivity index (χ3n) is 3.72. The lowest BCUT2D eigenvalue weighted by atomic mass is 9.93. The molecule has 3 rings (SSSR count). The summed E-state index contributed by atoms with van der Waals surface area (Å²) in [5.74, 6) is 1.76. The van der Waals surface area contributed by atoms with Crippen molar-refractivity contribution in [2.75, 3.05) is 14.2 Å². The monoisotopic (exact) mass is 270 g/mol. The van der Waals surface area contributed by atoms with Crippen molar-refractivity contribution < 1.29 is 9.47 Å². The minimum atomic E-state index is 0.0297. The van der Waals surface area contributed by atoms with Gasteiger partial charge in [0.15, 0.2) is 0 Å². The third kappa shape index (κ3) is 2.34. The van der Waals surface area contributed by atoms with Crippen LogP contribution < -0.4 is 14.8 Å². The average Bonchev–Trinajstić information content (AvgIpc) is 2.54. The van der Waals surface area contributed by atoms with Crippen LogP contribution in [0, 0.1) is 0 Å². The normalized spacial score (nSPS) is 20.9. The Bertz CT molecular complexity index is 586. The van der Waals surface area contributed by atoms with Gasteiger partial charge in [-0.1, -0.05) is 6.07 Å². The van der Waals surface area contributed by atoms with Gasteiger partial charge in [-0.3, -0.25) is 4.98 Å². The Morgan fingerprint density at radius 2 is 2.25 bits per heavy atom. The van der Waals surface area contributed by atoms with Crippen LogP contribution >= 0.6 is 0 Å². The van der Waals surface area contributed by atoms with Crippen LogP contribution in [-0.2, 0) is 0 Å². The van der Waals surface area contributed by atoms with E-state index in [2.05, 4.69) is 16.4 Å². The summed E-state index contributed by atoms with van der Waals surface area (Å²) in [6.07, 6.45) is 4.55. The molecule has 1 aromatic carbocycles. The number of pyridine rings is 1. The molecule has 20 heavy (non-hydrogen) atoms. The highest BCUT2D eigenvalue weighted by Gasteiger charge is 2.28. The SMILES string of the molecule is CNC1CC(c2cccnc2)Oc2ccc(OC)cc21. The van der Waals surface area contributed by atoms with Crippen molar-refractivity contribution in [2.45, 2.75) is 18.6 Å². The quantitative estimate of drug-likeness (QED) is 0.931. The highest BCUT2D eigenvalue weighted by Crippen LogP contribution is 2.41. The van der Waals surface area contributed by atoms with E-state index in [-0.39, 0.29) is 12.1 Å². The van der Waals surface area contributed by atoms with Gasteiger partial charge in [-0.15, -0.1) is 0 Å². The molecule has 2 unspecified atom stereocenters. The van der Waals surface area contributed by atoms with Crippen molar-refractivity contribution in [3.8, 4) is 11.5 Å². The Hall–Kier alpha value is -2.07. The van der Waals surface area contributed by atoms with Crippen molar-refractivity contribution in [1.29, 1.82) is 0 Å². The van der Waals surface area contributed by atoms with Gasteiger partial charge in [0.2, 0.25) is 0 Å². The van der Waals surface area contributed by atoms with E-state index < -0.39 is 0 Å². The lowest BCUT2D eigenvalue weighted by Crippen LogP contribution is -2.26. The number of ether oxygens (including phenoxy) is 2. The summed E-state index contributed by atoms with van der Waals surface area (Å²) in [5, 5.41) is 3.36.